The van der Waals surface area contributed by atoms with E-state index in [1.165, 1.54) is 83.5 Å². The van der Waals surface area contributed by atoms with Crippen molar-refractivity contribution in [3.63, 3.8) is 0 Å². The Bertz CT molecular complexity index is 412. The fourth-order valence-corrected chi connectivity index (χ4v) is 4.67. The van der Waals surface area contributed by atoms with Crippen LogP contribution >= 0.6 is 7.82 Å². The van der Waals surface area contributed by atoms with Crippen molar-refractivity contribution in [2.75, 3.05) is 34.3 Å². The maximum absolute atomic E-state index is 12.0. The van der Waals surface area contributed by atoms with E-state index in [4.69, 9.17) is 9.05 Å². The molecule has 2 atom stereocenters. The van der Waals surface area contributed by atoms with Crippen molar-refractivity contribution in [3.8, 4) is 0 Å². The molecule has 0 aromatic heterocycles. The highest BCUT2D eigenvalue weighted by Gasteiger charge is 2.29. The Morgan fingerprint density at radius 1 is 0.759 bits per heavy atom. The molecule has 0 bridgehead atoms. The molecule has 0 aliphatic heterocycles. The van der Waals surface area contributed by atoms with Gasteiger partial charge in [0.05, 0.1) is 27.7 Å². The largest absolute Gasteiger partial charge is 0.472 e. The van der Waals surface area contributed by atoms with E-state index in [-0.39, 0.29) is 12.7 Å². The molecule has 0 aliphatic rings. The second-order valence-electron chi connectivity index (χ2n) is 9.47. The van der Waals surface area contributed by atoms with E-state index in [9.17, 15) is 9.46 Å². The van der Waals surface area contributed by atoms with Gasteiger partial charge in [0.2, 0.25) is 0 Å². The van der Waals surface area contributed by atoms with Gasteiger partial charge in [-0.25, -0.2) is 4.57 Å². The highest BCUT2D eigenvalue weighted by molar-refractivity contribution is 7.47. The molecule has 0 rings (SSSR count). The minimum absolute atomic E-state index is 0.184. The van der Waals surface area contributed by atoms with E-state index >= 15 is 0 Å². The molecule has 0 saturated heterocycles. The Morgan fingerprint density at radius 3 is 1.55 bits per heavy atom. The number of phosphoric ester groups is 1. The number of phosphoric acid groups is 1. The Kier molecular flexibility index (Phi) is 17.8. The summed E-state index contributed by atoms with van der Waals surface area (Å²) < 4.78 is 23.0. The maximum Gasteiger partial charge on any atom is 0.472 e. The van der Waals surface area contributed by atoms with E-state index in [2.05, 4.69) is 28.1 Å². The average molecular weight is 437 g/mol. The van der Waals surface area contributed by atoms with Crippen molar-refractivity contribution in [1.82, 2.24) is 0 Å². The summed E-state index contributed by atoms with van der Waals surface area (Å²) >= 11 is 0. The first kappa shape index (κ1) is 29.1. The normalized spacial score (nSPS) is 15.4. The summed E-state index contributed by atoms with van der Waals surface area (Å²) in [7, 11) is 2.29. The molecule has 0 amide bonds. The zero-order chi connectivity index (χ0) is 22.0. The molecule has 2 unspecified atom stereocenters. The third-order valence-corrected chi connectivity index (χ3v) is 6.35. The van der Waals surface area contributed by atoms with Crippen LogP contribution in [0.3, 0.4) is 0 Å². The third-order valence-electron chi connectivity index (χ3n) is 5.21. The van der Waals surface area contributed by atoms with Gasteiger partial charge in [0, 0.05) is 0 Å². The standard InChI is InChI=1S/C23H50NO4P/c1-6-8-9-10-11-12-13-14-15-16-17-18-19-20-21-23(22-24(3,4)5)28-29(25,26)27-7-2/h23H,6-22H2,1-5H3/p+1. The smallest absolute Gasteiger partial charge is 0.329 e. The third kappa shape index (κ3) is 21.1. The van der Waals surface area contributed by atoms with Crippen LogP contribution in [0.4, 0.5) is 0 Å². The molecule has 0 spiro atoms. The number of hydrogen-bond donors (Lipinski definition) is 1. The van der Waals surface area contributed by atoms with Crippen LogP contribution in [0, 0.1) is 0 Å². The van der Waals surface area contributed by atoms with Gasteiger partial charge in [-0.15, -0.1) is 0 Å². The van der Waals surface area contributed by atoms with Crippen molar-refractivity contribution in [1.29, 1.82) is 0 Å². The summed E-state index contributed by atoms with van der Waals surface area (Å²) in [5.41, 5.74) is 0. The zero-order valence-electron chi connectivity index (χ0n) is 20.2. The van der Waals surface area contributed by atoms with Gasteiger partial charge < -0.3 is 9.38 Å². The Balaban J connectivity index is 3.75. The first-order valence-corrected chi connectivity index (χ1v) is 13.7. The predicted molar refractivity (Wildman–Crippen MR) is 124 cm³/mol. The summed E-state index contributed by atoms with van der Waals surface area (Å²) in [6.45, 7) is 4.86. The number of rotatable bonds is 21. The van der Waals surface area contributed by atoms with Crippen molar-refractivity contribution in [3.05, 3.63) is 0 Å². The molecular weight excluding hydrogens is 385 g/mol. The Hall–Kier alpha value is 0.0700. The number of nitrogens with zero attached hydrogens (tertiary/aromatic N) is 1. The zero-order valence-corrected chi connectivity index (χ0v) is 21.1. The minimum Gasteiger partial charge on any atom is -0.329 e. The van der Waals surface area contributed by atoms with Gasteiger partial charge in [-0.05, 0) is 13.3 Å². The first-order chi connectivity index (χ1) is 13.7. The topological polar surface area (TPSA) is 55.8 Å². The van der Waals surface area contributed by atoms with E-state index in [0.29, 0.717) is 11.0 Å². The second-order valence-corrected chi connectivity index (χ2v) is 10.9. The van der Waals surface area contributed by atoms with Crippen molar-refractivity contribution >= 4 is 7.82 Å². The SMILES string of the molecule is CCCCCCCCCCCCCCCCC(C[N+](C)(C)C)OP(=O)(O)OCC. The lowest BCUT2D eigenvalue weighted by atomic mass is 10.0. The Labute approximate surface area is 181 Å². The monoisotopic (exact) mass is 436 g/mol. The van der Waals surface area contributed by atoms with E-state index < -0.39 is 7.82 Å². The van der Waals surface area contributed by atoms with Gasteiger partial charge in [-0.2, -0.15) is 0 Å². The molecule has 176 valence electrons. The summed E-state index contributed by atoms with van der Waals surface area (Å²) in [5, 5.41) is 0. The van der Waals surface area contributed by atoms with Crippen LogP contribution < -0.4 is 0 Å². The highest BCUT2D eigenvalue weighted by Crippen LogP contribution is 2.45. The molecular formula is C23H51NO4P+. The fourth-order valence-electron chi connectivity index (χ4n) is 3.74. The number of likely N-dealkylation sites (N-methyl/N-ethyl adjacent to an activating group) is 1. The molecule has 0 aliphatic carbocycles. The molecule has 1 N–H and O–H groups in total. The predicted octanol–water partition coefficient (Wildman–Crippen LogP) is 7.09. The van der Waals surface area contributed by atoms with Crippen LogP contribution in [0.15, 0.2) is 0 Å². The van der Waals surface area contributed by atoms with Gasteiger partial charge in [0.15, 0.2) is 0 Å². The van der Waals surface area contributed by atoms with Crippen LogP contribution in [0.5, 0.6) is 0 Å². The van der Waals surface area contributed by atoms with Gasteiger partial charge in [-0.3, -0.25) is 9.05 Å². The summed E-state index contributed by atoms with van der Waals surface area (Å²) in [6.07, 6.45) is 19.2. The fraction of sp³-hybridized carbons (Fsp3) is 1.00. The number of quaternary nitrogens is 1. The summed E-state index contributed by atoms with van der Waals surface area (Å²) in [6, 6.07) is 0. The van der Waals surface area contributed by atoms with E-state index in [1.807, 2.05) is 0 Å². The quantitative estimate of drug-likeness (QED) is 0.119. The summed E-state index contributed by atoms with van der Waals surface area (Å²) in [4.78, 5) is 9.80. The second kappa shape index (κ2) is 17.7. The summed E-state index contributed by atoms with van der Waals surface area (Å²) in [5.74, 6) is 0. The van der Waals surface area contributed by atoms with E-state index in [1.54, 1.807) is 6.92 Å². The lowest BCUT2D eigenvalue weighted by Crippen LogP contribution is -2.42. The van der Waals surface area contributed by atoms with Crippen molar-refractivity contribution < 1.29 is 23.0 Å². The Morgan fingerprint density at radius 2 is 1.17 bits per heavy atom. The molecule has 6 heteroatoms. The first-order valence-electron chi connectivity index (χ1n) is 12.2. The maximum atomic E-state index is 12.0. The van der Waals surface area contributed by atoms with Crippen molar-refractivity contribution in [2.45, 2.75) is 116 Å². The minimum atomic E-state index is -3.93. The van der Waals surface area contributed by atoms with Crippen LogP contribution in [0.1, 0.15) is 110 Å². The molecule has 0 fully saturated rings. The van der Waals surface area contributed by atoms with E-state index in [0.717, 1.165) is 12.8 Å². The number of unbranched alkanes of at least 4 members (excludes halogenated alkanes) is 13. The molecule has 5 nitrogen and oxygen atoms in total. The van der Waals surface area contributed by atoms with Crippen LogP contribution in [-0.2, 0) is 13.6 Å². The van der Waals surface area contributed by atoms with Crippen molar-refractivity contribution in [2.24, 2.45) is 0 Å². The molecule has 0 aromatic rings. The molecule has 0 radical (unpaired) electrons. The van der Waals surface area contributed by atoms with Gasteiger partial charge in [-0.1, -0.05) is 96.8 Å². The molecule has 0 heterocycles. The van der Waals surface area contributed by atoms with Gasteiger partial charge in [0.25, 0.3) is 0 Å². The van der Waals surface area contributed by atoms with Gasteiger partial charge in [0.1, 0.15) is 12.6 Å². The van der Waals surface area contributed by atoms with Gasteiger partial charge >= 0.3 is 7.82 Å². The van der Waals surface area contributed by atoms with Crippen LogP contribution in [0.2, 0.25) is 0 Å². The average Bonchev–Trinajstić information content (AvgIpc) is 2.60. The van der Waals surface area contributed by atoms with Crippen LogP contribution in [-0.4, -0.2) is 49.8 Å². The lowest BCUT2D eigenvalue weighted by molar-refractivity contribution is -0.873. The number of hydrogen-bond acceptors (Lipinski definition) is 3. The molecule has 0 aromatic carbocycles. The highest BCUT2D eigenvalue weighted by atomic mass is 31.2. The lowest BCUT2D eigenvalue weighted by Gasteiger charge is -2.29. The molecule has 0 saturated carbocycles. The van der Waals surface area contributed by atoms with Crippen LogP contribution in [0.25, 0.3) is 0 Å². The molecule has 29 heavy (non-hydrogen) atoms.